The SMILES string of the molecule is CCN(CC)CC1CCN(C(=O)CC2CNCCO2)CC1. The molecule has 0 bridgehead atoms. The van der Waals surface area contributed by atoms with E-state index in [1.165, 1.54) is 6.54 Å². The summed E-state index contributed by atoms with van der Waals surface area (Å²) in [6.07, 6.45) is 2.89. The van der Waals surface area contributed by atoms with Crippen LogP contribution in [0.15, 0.2) is 0 Å². The molecule has 0 radical (unpaired) electrons. The van der Waals surface area contributed by atoms with E-state index in [9.17, 15) is 4.79 Å². The van der Waals surface area contributed by atoms with Crippen molar-refractivity contribution in [1.82, 2.24) is 15.1 Å². The summed E-state index contributed by atoms with van der Waals surface area (Å²) in [7, 11) is 0. The van der Waals surface area contributed by atoms with Gasteiger partial charge in [0, 0.05) is 32.7 Å². The number of carbonyl (C=O) groups excluding carboxylic acids is 1. The highest BCUT2D eigenvalue weighted by Crippen LogP contribution is 2.19. The third-order valence-electron chi connectivity index (χ3n) is 4.78. The standard InChI is InChI=1S/C16H31N3O2/c1-3-18(4-2)13-14-5-8-19(9-6-14)16(20)11-15-12-17-7-10-21-15/h14-15,17H,3-13H2,1-2H3. The van der Waals surface area contributed by atoms with Crippen LogP contribution in [0.2, 0.25) is 0 Å². The minimum absolute atomic E-state index is 0.0691. The van der Waals surface area contributed by atoms with Crippen LogP contribution in [0.4, 0.5) is 0 Å². The number of piperidine rings is 1. The zero-order valence-corrected chi connectivity index (χ0v) is 13.6. The van der Waals surface area contributed by atoms with E-state index in [4.69, 9.17) is 4.74 Å². The van der Waals surface area contributed by atoms with Crippen LogP contribution < -0.4 is 5.32 Å². The normalized spacial score (nSPS) is 24.5. The smallest absolute Gasteiger partial charge is 0.225 e. The number of amides is 1. The molecule has 0 aromatic heterocycles. The molecule has 2 fully saturated rings. The van der Waals surface area contributed by atoms with Gasteiger partial charge in [-0.15, -0.1) is 0 Å². The fourth-order valence-electron chi connectivity index (χ4n) is 3.29. The van der Waals surface area contributed by atoms with Gasteiger partial charge in [0.25, 0.3) is 0 Å². The maximum atomic E-state index is 12.3. The molecule has 5 nitrogen and oxygen atoms in total. The monoisotopic (exact) mass is 297 g/mol. The van der Waals surface area contributed by atoms with Crippen molar-refractivity contribution in [2.45, 2.75) is 39.2 Å². The van der Waals surface area contributed by atoms with Crippen LogP contribution >= 0.6 is 0 Å². The van der Waals surface area contributed by atoms with Crippen molar-refractivity contribution < 1.29 is 9.53 Å². The van der Waals surface area contributed by atoms with Gasteiger partial charge in [-0.1, -0.05) is 13.8 Å². The lowest BCUT2D eigenvalue weighted by Gasteiger charge is -2.35. The van der Waals surface area contributed by atoms with Crippen molar-refractivity contribution in [1.29, 1.82) is 0 Å². The maximum Gasteiger partial charge on any atom is 0.225 e. The predicted octanol–water partition coefficient (Wildman–Crippen LogP) is 0.945. The molecule has 122 valence electrons. The van der Waals surface area contributed by atoms with Gasteiger partial charge in [-0.2, -0.15) is 0 Å². The van der Waals surface area contributed by atoms with Crippen LogP contribution in [0.1, 0.15) is 33.1 Å². The van der Waals surface area contributed by atoms with Gasteiger partial charge in [-0.05, 0) is 31.8 Å². The van der Waals surface area contributed by atoms with Crippen LogP contribution in [-0.4, -0.2) is 74.2 Å². The number of likely N-dealkylation sites (tertiary alicyclic amines) is 1. The summed E-state index contributed by atoms with van der Waals surface area (Å²) in [6.45, 7) is 12.2. The van der Waals surface area contributed by atoms with Crippen molar-refractivity contribution in [3.05, 3.63) is 0 Å². The summed E-state index contributed by atoms with van der Waals surface area (Å²) in [4.78, 5) is 16.8. The molecule has 5 heteroatoms. The fourth-order valence-corrected chi connectivity index (χ4v) is 3.29. The lowest BCUT2D eigenvalue weighted by molar-refractivity contribution is -0.136. The molecule has 2 aliphatic heterocycles. The van der Waals surface area contributed by atoms with Crippen molar-refractivity contribution >= 4 is 5.91 Å². The molecule has 0 aliphatic carbocycles. The summed E-state index contributed by atoms with van der Waals surface area (Å²) in [5.41, 5.74) is 0. The third kappa shape index (κ3) is 5.24. The van der Waals surface area contributed by atoms with E-state index in [2.05, 4.69) is 24.1 Å². The Morgan fingerprint density at radius 2 is 2.00 bits per heavy atom. The number of carbonyl (C=O) groups is 1. The lowest BCUT2D eigenvalue weighted by atomic mass is 9.95. The number of nitrogens with zero attached hydrogens (tertiary/aromatic N) is 2. The Labute approximate surface area is 129 Å². The largest absolute Gasteiger partial charge is 0.375 e. The highest BCUT2D eigenvalue weighted by molar-refractivity contribution is 5.76. The average molecular weight is 297 g/mol. The predicted molar refractivity (Wildman–Crippen MR) is 84.3 cm³/mol. The molecule has 1 N–H and O–H groups in total. The van der Waals surface area contributed by atoms with E-state index >= 15 is 0 Å². The first-order valence-corrected chi connectivity index (χ1v) is 8.55. The summed E-state index contributed by atoms with van der Waals surface area (Å²) < 4.78 is 5.63. The van der Waals surface area contributed by atoms with Gasteiger partial charge in [0.05, 0.1) is 19.1 Å². The molecule has 0 saturated carbocycles. The molecule has 21 heavy (non-hydrogen) atoms. The Balaban J connectivity index is 1.69. The van der Waals surface area contributed by atoms with E-state index in [1.54, 1.807) is 0 Å². The molecule has 2 heterocycles. The Kier molecular flexibility index (Phi) is 6.93. The molecular formula is C16H31N3O2. The first-order chi connectivity index (χ1) is 10.2. The number of nitrogens with one attached hydrogen (secondary N) is 1. The average Bonchev–Trinajstić information content (AvgIpc) is 2.54. The molecular weight excluding hydrogens is 266 g/mol. The second-order valence-electron chi connectivity index (χ2n) is 6.21. The quantitative estimate of drug-likeness (QED) is 0.793. The lowest BCUT2D eigenvalue weighted by Crippen LogP contribution is -2.45. The number of hydrogen-bond acceptors (Lipinski definition) is 4. The molecule has 2 aliphatic rings. The van der Waals surface area contributed by atoms with Crippen LogP contribution in [0.5, 0.6) is 0 Å². The molecule has 2 rings (SSSR count). The van der Waals surface area contributed by atoms with Crippen LogP contribution in [0, 0.1) is 5.92 Å². The zero-order chi connectivity index (χ0) is 15.1. The topological polar surface area (TPSA) is 44.8 Å². The Morgan fingerprint density at radius 1 is 1.29 bits per heavy atom. The Hall–Kier alpha value is -0.650. The van der Waals surface area contributed by atoms with Gasteiger partial charge in [0.1, 0.15) is 0 Å². The molecule has 0 aromatic rings. The first kappa shape index (κ1) is 16.7. The summed E-state index contributed by atoms with van der Waals surface area (Å²) >= 11 is 0. The number of hydrogen-bond donors (Lipinski definition) is 1. The minimum atomic E-state index is 0.0691. The Morgan fingerprint density at radius 3 is 2.57 bits per heavy atom. The van der Waals surface area contributed by atoms with Gasteiger partial charge in [0.2, 0.25) is 5.91 Å². The molecule has 0 spiro atoms. The van der Waals surface area contributed by atoms with Crippen molar-refractivity contribution in [3.8, 4) is 0 Å². The van der Waals surface area contributed by atoms with E-state index < -0.39 is 0 Å². The summed E-state index contributed by atoms with van der Waals surface area (Å²) in [6, 6.07) is 0. The highest BCUT2D eigenvalue weighted by atomic mass is 16.5. The molecule has 2 saturated heterocycles. The zero-order valence-electron chi connectivity index (χ0n) is 13.6. The molecule has 0 aromatic carbocycles. The van der Waals surface area contributed by atoms with Crippen LogP contribution in [-0.2, 0) is 9.53 Å². The van der Waals surface area contributed by atoms with E-state index in [1.807, 2.05) is 4.90 Å². The van der Waals surface area contributed by atoms with Gasteiger partial charge in [-0.25, -0.2) is 0 Å². The number of morpholine rings is 1. The Bertz CT molecular complexity index is 307. The second kappa shape index (κ2) is 8.71. The van der Waals surface area contributed by atoms with Crippen LogP contribution in [0.3, 0.4) is 0 Å². The van der Waals surface area contributed by atoms with E-state index in [0.717, 1.165) is 64.6 Å². The summed E-state index contributed by atoms with van der Waals surface area (Å²) in [5.74, 6) is 1.02. The second-order valence-corrected chi connectivity index (χ2v) is 6.21. The molecule has 1 amide bonds. The van der Waals surface area contributed by atoms with Crippen LogP contribution in [0.25, 0.3) is 0 Å². The maximum absolute atomic E-state index is 12.3. The number of rotatable bonds is 6. The van der Waals surface area contributed by atoms with Crippen molar-refractivity contribution in [2.75, 3.05) is 52.4 Å². The molecule has 1 unspecified atom stereocenters. The van der Waals surface area contributed by atoms with Crippen molar-refractivity contribution in [3.63, 3.8) is 0 Å². The molecule has 1 atom stereocenters. The number of ether oxygens (including phenoxy) is 1. The van der Waals surface area contributed by atoms with Crippen molar-refractivity contribution in [2.24, 2.45) is 5.92 Å². The van der Waals surface area contributed by atoms with E-state index in [-0.39, 0.29) is 12.0 Å². The van der Waals surface area contributed by atoms with Gasteiger partial charge < -0.3 is 19.9 Å². The third-order valence-corrected chi connectivity index (χ3v) is 4.78. The van der Waals surface area contributed by atoms with Gasteiger partial charge in [0.15, 0.2) is 0 Å². The minimum Gasteiger partial charge on any atom is -0.375 e. The van der Waals surface area contributed by atoms with Gasteiger partial charge >= 0.3 is 0 Å². The summed E-state index contributed by atoms with van der Waals surface area (Å²) in [5, 5.41) is 3.28. The fraction of sp³-hybridized carbons (Fsp3) is 0.938. The first-order valence-electron chi connectivity index (χ1n) is 8.55. The van der Waals surface area contributed by atoms with Gasteiger partial charge in [-0.3, -0.25) is 4.79 Å². The van der Waals surface area contributed by atoms with E-state index in [0.29, 0.717) is 6.42 Å². The highest BCUT2D eigenvalue weighted by Gasteiger charge is 2.26.